The number of hydrogen-bond donors (Lipinski definition) is 1. The van der Waals surface area contributed by atoms with Gasteiger partial charge in [-0.05, 0) is 19.1 Å². The fourth-order valence-electron chi connectivity index (χ4n) is 2.13. The highest BCUT2D eigenvalue weighted by molar-refractivity contribution is 7.13. The van der Waals surface area contributed by atoms with Crippen molar-refractivity contribution < 1.29 is 4.79 Å². The van der Waals surface area contributed by atoms with E-state index in [4.69, 9.17) is 0 Å². The lowest BCUT2D eigenvalue weighted by atomic mass is 10.2. The summed E-state index contributed by atoms with van der Waals surface area (Å²) in [6.07, 6.45) is 1.64. The van der Waals surface area contributed by atoms with Crippen LogP contribution in [-0.4, -0.2) is 30.0 Å². The number of anilines is 2. The number of aromatic nitrogens is 2. The number of aryl methyl sites for hydroxylation is 1. The van der Waals surface area contributed by atoms with Gasteiger partial charge in [0.25, 0.3) is 5.91 Å². The molecule has 0 aliphatic carbocycles. The van der Waals surface area contributed by atoms with E-state index in [1.54, 1.807) is 11.6 Å². The Morgan fingerprint density at radius 1 is 1.12 bits per heavy atom. The highest BCUT2D eigenvalue weighted by atomic mass is 32.1. The van der Waals surface area contributed by atoms with Gasteiger partial charge < -0.3 is 10.2 Å². The third-order valence-corrected chi connectivity index (χ3v) is 4.39. The summed E-state index contributed by atoms with van der Waals surface area (Å²) in [5.41, 5.74) is 3.27. The molecular formula is C18H18N4OS. The Morgan fingerprint density at radius 3 is 2.50 bits per heavy atom. The number of carbonyl (C=O) groups is 1. The van der Waals surface area contributed by atoms with Gasteiger partial charge in [0.15, 0.2) is 0 Å². The minimum absolute atomic E-state index is 0.232. The van der Waals surface area contributed by atoms with Gasteiger partial charge in [0.2, 0.25) is 0 Å². The Balaban J connectivity index is 1.72. The number of hydrogen-bond acceptors (Lipinski definition) is 5. The van der Waals surface area contributed by atoms with Gasteiger partial charge in [-0.2, -0.15) is 0 Å². The van der Waals surface area contributed by atoms with Gasteiger partial charge in [-0.1, -0.05) is 29.8 Å². The molecule has 0 spiro atoms. The van der Waals surface area contributed by atoms with Crippen LogP contribution in [0.3, 0.4) is 0 Å². The lowest BCUT2D eigenvalue weighted by molar-refractivity contribution is 0.102. The molecule has 1 N–H and O–H groups in total. The van der Waals surface area contributed by atoms with E-state index in [9.17, 15) is 4.79 Å². The van der Waals surface area contributed by atoms with Crippen molar-refractivity contribution in [1.82, 2.24) is 9.97 Å². The van der Waals surface area contributed by atoms with Crippen molar-refractivity contribution in [3.63, 3.8) is 0 Å². The van der Waals surface area contributed by atoms with E-state index in [1.165, 1.54) is 16.9 Å². The maximum atomic E-state index is 12.3. The van der Waals surface area contributed by atoms with E-state index < -0.39 is 0 Å². The summed E-state index contributed by atoms with van der Waals surface area (Å²) >= 11 is 1.46. The summed E-state index contributed by atoms with van der Waals surface area (Å²) in [6, 6.07) is 11.8. The predicted octanol–water partition coefficient (Wildman–Crippen LogP) is 3.83. The van der Waals surface area contributed by atoms with Crippen molar-refractivity contribution in [2.24, 2.45) is 0 Å². The molecule has 6 heteroatoms. The minimum atomic E-state index is -0.232. The fourth-order valence-corrected chi connectivity index (χ4v) is 2.93. The molecule has 0 aliphatic rings. The van der Waals surface area contributed by atoms with Crippen LogP contribution in [0.1, 0.15) is 16.1 Å². The zero-order valence-electron chi connectivity index (χ0n) is 13.8. The van der Waals surface area contributed by atoms with Crippen molar-refractivity contribution in [2.45, 2.75) is 6.92 Å². The third-order valence-electron chi connectivity index (χ3n) is 3.50. The first-order valence-electron chi connectivity index (χ1n) is 7.50. The topological polar surface area (TPSA) is 58.1 Å². The molecule has 2 aromatic heterocycles. The van der Waals surface area contributed by atoms with Crippen LogP contribution >= 0.6 is 11.3 Å². The van der Waals surface area contributed by atoms with Crippen LogP contribution in [0.15, 0.2) is 48.0 Å². The number of rotatable bonds is 4. The highest BCUT2D eigenvalue weighted by Gasteiger charge is 2.12. The molecule has 0 saturated heterocycles. The summed E-state index contributed by atoms with van der Waals surface area (Å²) in [7, 11) is 3.84. The number of thiazole rings is 1. The van der Waals surface area contributed by atoms with Crippen LogP contribution in [0.5, 0.6) is 0 Å². The molecule has 24 heavy (non-hydrogen) atoms. The summed E-state index contributed by atoms with van der Waals surface area (Å²) < 4.78 is 0. The minimum Gasteiger partial charge on any atom is -0.363 e. The SMILES string of the molecule is Cc1ccc(-c2nc(C(=O)Nc3ccc(N(C)C)nc3)cs2)cc1. The first-order chi connectivity index (χ1) is 11.5. The number of benzene rings is 1. The Bertz CT molecular complexity index is 838. The number of carbonyl (C=O) groups excluding carboxylic acids is 1. The molecule has 0 atom stereocenters. The van der Waals surface area contributed by atoms with E-state index in [0.717, 1.165) is 16.4 Å². The summed E-state index contributed by atoms with van der Waals surface area (Å²) in [5, 5.41) is 5.43. The Hall–Kier alpha value is -2.73. The first kappa shape index (κ1) is 16.1. The Labute approximate surface area is 145 Å². The average Bonchev–Trinajstić information content (AvgIpc) is 3.06. The van der Waals surface area contributed by atoms with Crippen molar-refractivity contribution in [3.05, 3.63) is 59.2 Å². The molecule has 0 bridgehead atoms. The van der Waals surface area contributed by atoms with Gasteiger partial charge in [-0.3, -0.25) is 4.79 Å². The molecule has 2 heterocycles. The second kappa shape index (κ2) is 6.80. The molecule has 0 saturated carbocycles. The van der Waals surface area contributed by atoms with Crippen molar-refractivity contribution in [3.8, 4) is 10.6 Å². The zero-order chi connectivity index (χ0) is 17.1. The molecular weight excluding hydrogens is 320 g/mol. The number of pyridine rings is 1. The van der Waals surface area contributed by atoms with Gasteiger partial charge in [-0.25, -0.2) is 9.97 Å². The third kappa shape index (κ3) is 3.60. The quantitative estimate of drug-likeness (QED) is 0.785. The highest BCUT2D eigenvalue weighted by Crippen LogP contribution is 2.24. The van der Waals surface area contributed by atoms with Crippen LogP contribution in [0, 0.1) is 6.92 Å². The van der Waals surface area contributed by atoms with Gasteiger partial charge in [0.05, 0.1) is 11.9 Å². The van der Waals surface area contributed by atoms with Crippen molar-refractivity contribution in [1.29, 1.82) is 0 Å². The standard InChI is InChI=1S/C18H18N4OS/c1-12-4-6-13(7-5-12)18-21-15(11-24-18)17(23)20-14-8-9-16(19-10-14)22(2)3/h4-11H,1-3H3,(H,20,23). The number of amides is 1. The second-order valence-electron chi connectivity index (χ2n) is 5.66. The lowest BCUT2D eigenvalue weighted by Gasteiger charge is -2.11. The maximum absolute atomic E-state index is 12.3. The van der Waals surface area contributed by atoms with Crippen LogP contribution in [0.4, 0.5) is 11.5 Å². The van der Waals surface area contributed by atoms with Crippen LogP contribution in [0.2, 0.25) is 0 Å². The maximum Gasteiger partial charge on any atom is 0.275 e. The summed E-state index contributed by atoms with van der Waals surface area (Å²) in [4.78, 5) is 22.9. The molecule has 0 aliphatic heterocycles. The molecule has 5 nitrogen and oxygen atoms in total. The van der Waals surface area contributed by atoms with E-state index in [1.807, 2.05) is 62.3 Å². The smallest absolute Gasteiger partial charge is 0.275 e. The summed E-state index contributed by atoms with van der Waals surface area (Å²) in [6.45, 7) is 2.04. The first-order valence-corrected chi connectivity index (χ1v) is 8.38. The van der Waals surface area contributed by atoms with Gasteiger partial charge >= 0.3 is 0 Å². The predicted molar refractivity (Wildman–Crippen MR) is 98.8 cm³/mol. The molecule has 3 rings (SSSR count). The molecule has 0 radical (unpaired) electrons. The van der Waals surface area contributed by atoms with Crippen LogP contribution in [-0.2, 0) is 0 Å². The van der Waals surface area contributed by atoms with Gasteiger partial charge in [0, 0.05) is 25.0 Å². The Kier molecular flexibility index (Phi) is 4.57. The molecule has 3 aromatic rings. The monoisotopic (exact) mass is 338 g/mol. The second-order valence-corrected chi connectivity index (χ2v) is 6.52. The normalized spacial score (nSPS) is 10.5. The molecule has 122 valence electrons. The van der Waals surface area contributed by atoms with E-state index >= 15 is 0 Å². The van der Waals surface area contributed by atoms with Crippen molar-refractivity contribution in [2.75, 3.05) is 24.3 Å². The largest absolute Gasteiger partial charge is 0.363 e. The number of nitrogens with one attached hydrogen (secondary N) is 1. The van der Waals surface area contributed by atoms with Crippen molar-refractivity contribution >= 4 is 28.7 Å². The molecule has 0 unspecified atom stereocenters. The van der Waals surface area contributed by atoms with E-state index in [2.05, 4.69) is 15.3 Å². The van der Waals surface area contributed by atoms with E-state index in [-0.39, 0.29) is 5.91 Å². The average molecular weight is 338 g/mol. The van der Waals surface area contributed by atoms with Crippen LogP contribution in [0.25, 0.3) is 10.6 Å². The summed E-state index contributed by atoms with van der Waals surface area (Å²) in [5.74, 6) is 0.604. The zero-order valence-corrected chi connectivity index (χ0v) is 14.6. The van der Waals surface area contributed by atoms with E-state index in [0.29, 0.717) is 11.4 Å². The fraction of sp³-hybridized carbons (Fsp3) is 0.167. The van der Waals surface area contributed by atoms with Gasteiger partial charge in [0.1, 0.15) is 16.5 Å². The Morgan fingerprint density at radius 2 is 1.88 bits per heavy atom. The van der Waals surface area contributed by atoms with Gasteiger partial charge in [-0.15, -0.1) is 11.3 Å². The molecule has 0 fully saturated rings. The molecule has 1 amide bonds. The molecule has 1 aromatic carbocycles. The lowest BCUT2D eigenvalue weighted by Crippen LogP contribution is -2.14. The number of nitrogens with zero attached hydrogens (tertiary/aromatic N) is 3. The van der Waals surface area contributed by atoms with Crippen LogP contribution < -0.4 is 10.2 Å².